The maximum atomic E-state index is 12.4. The summed E-state index contributed by atoms with van der Waals surface area (Å²) in [4.78, 5) is 2.04. The summed E-state index contributed by atoms with van der Waals surface area (Å²) in [6.45, 7) is 3.11. The lowest BCUT2D eigenvalue weighted by atomic mass is 9.62. The van der Waals surface area contributed by atoms with Gasteiger partial charge in [0.05, 0.1) is 0 Å². The van der Waals surface area contributed by atoms with Crippen molar-refractivity contribution in [1.29, 1.82) is 0 Å². The number of hydrogen-bond acceptors (Lipinski definition) is 4. The average molecular weight is 367 g/mol. The Kier molecular flexibility index (Phi) is 4.40. The second-order valence-corrected chi connectivity index (χ2v) is 7.07. The summed E-state index contributed by atoms with van der Waals surface area (Å²) < 4.78 is 41.0. The zero-order chi connectivity index (χ0) is 19.2. The molecule has 1 atom stereocenters. The summed E-state index contributed by atoms with van der Waals surface area (Å²) in [5.41, 5.74) is -1.12. The highest BCUT2D eigenvalue weighted by molar-refractivity contribution is 5.44. The van der Waals surface area contributed by atoms with E-state index in [9.17, 15) is 23.4 Å². The van der Waals surface area contributed by atoms with Crippen molar-refractivity contribution in [2.24, 2.45) is 5.41 Å². The zero-order valence-electron chi connectivity index (χ0n) is 14.4. The van der Waals surface area contributed by atoms with Gasteiger partial charge < -0.3 is 19.8 Å². The molecule has 0 amide bonds. The van der Waals surface area contributed by atoms with E-state index < -0.39 is 17.4 Å². The molecule has 1 aliphatic rings. The quantitative estimate of drug-likeness (QED) is 0.869. The fourth-order valence-corrected chi connectivity index (χ4v) is 3.87. The van der Waals surface area contributed by atoms with Crippen LogP contribution < -0.4 is 4.74 Å². The predicted molar refractivity (Wildman–Crippen MR) is 89.8 cm³/mol. The molecule has 0 aliphatic carbocycles. The van der Waals surface area contributed by atoms with E-state index in [4.69, 9.17) is 0 Å². The van der Waals surface area contributed by atoms with Crippen LogP contribution in [0.15, 0.2) is 48.5 Å². The second kappa shape index (κ2) is 6.17. The molecule has 3 rings (SSSR count). The summed E-state index contributed by atoms with van der Waals surface area (Å²) in [6.07, 6.45) is -4.77. The molecule has 2 aromatic rings. The van der Waals surface area contributed by atoms with E-state index in [1.54, 1.807) is 12.1 Å². The topological polar surface area (TPSA) is 52.9 Å². The van der Waals surface area contributed by atoms with Gasteiger partial charge in [-0.2, -0.15) is 0 Å². The third-order valence-corrected chi connectivity index (χ3v) is 4.88. The van der Waals surface area contributed by atoms with E-state index in [1.807, 2.05) is 18.9 Å². The van der Waals surface area contributed by atoms with Crippen LogP contribution in [-0.2, 0) is 5.60 Å². The van der Waals surface area contributed by atoms with E-state index in [0.717, 1.165) is 0 Å². The lowest BCUT2D eigenvalue weighted by molar-refractivity contribution is -0.274. The number of ether oxygens (including phenoxy) is 1. The van der Waals surface area contributed by atoms with Crippen LogP contribution in [0.25, 0.3) is 0 Å². The number of phenols is 1. The van der Waals surface area contributed by atoms with Crippen molar-refractivity contribution in [1.82, 2.24) is 4.90 Å². The van der Waals surface area contributed by atoms with Gasteiger partial charge in [-0.3, -0.25) is 0 Å². The Balaban J connectivity index is 2.04. The minimum atomic E-state index is -4.77. The summed E-state index contributed by atoms with van der Waals surface area (Å²) in [5.74, 6) is -0.343. The monoisotopic (exact) mass is 367 g/mol. The van der Waals surface area contributed by atoms with Crippen LogP contribution in [0.2, 0.25) is 0 Å². The first-order valence-corrected chi connectivity index (χ1v) is 8.10. The summed E-state index contributed by atoms with van der Waals surface area (Å²) in [5, 5.41) is 21.5. The molecule has 1 fully saturated rings. The predicted octanol–water partition coefficient (Wildman–Crippen LogP) is 3.48. The highest BCUT2D eigenvalue weighted by atomic mass is 19.4. The number of alkyl halides is 3. The Morgan fingerprint density at radius 2 is 1.65 bits per heavy atom. The summed E-state index contributed by atoms with van der Waals surface area (Å²) in [6, 6.07) is 11.5. The number of benzene rings is 2. The third-order valence-electron chi connectivity index (χ3n) is 4.88. The van der Waals surface area contributed by atoms with E-state index >= 15 is 0 Å². The van der Waals surface area contributed by atoms with Gasteiger partial charge in [0, 0.05) is 18.5 Å². The fraction of sp³-hybridized carbons (Fsp3) is 0.368. The molecule has 2 aromatic carbocycles. The van der Waals surface area contributed by atoms with E-state index in [0.29, 0.717) is 24.2 Å². The van der Waals surface area contributed by atoms with Crippen LogP contribution in [0, 0.1) is 5.41 Å². The second-order valence-electron chi connectivity index (χ2n) is 7.07. The van der Waals surface area contributed by atoms with Gasteiger partial charge >= 0.3 is 6.36 Å². The van der Waals surface area contributed by atoms with Crippen LogP contribution in [0.5, 0.6) is 11.5 Å². The fourth-order valence-electron chi connectivity index (χ4n) is 3.87. The normalized spacial score (nSPS) is 19.5. The molecule has 0 aromatic heterocycles. The van der Waals surface area contributed by atoms with E-state index in [1.165, 1.54) is 36.4 Å². The van der Waals surface area contributed by atoms with Gasteiger partial charge in [0.1, 0.15) is 17.1 Å². The van der Waals surface area contributed by atoms with Gasteiger partial charge in [0.25, 0.3) is 0 Å². The summed E-state index contributed by atoms with van der Waals surface area (Å²) in [7, 11) is 1.92. The molecule has 26 heavy (non-hydrogen) atoms. The van der Waals surface area contributed by atoms with Crippen LogP contribution in [0.3, 0.4) is 0 Å². The molecule has 1 heterocycles. The number of aromatic hydroxyl groups is 1. The zero-order valence-corrected chi connectivity index (χ0v) is 14.4. The molecule has 0 spiro atoms. The average Bonchev–Trinajstić information content (AvgIpc) is 2.52. The molecule has 2 N–H and O–H groups in total. The Bertz CT molecular complexity index is 785. The molecule has 4 nitrogen and oxygen atoms in total. The minimum Gasteiger partial charge on any atom is -0.508 e. The van der Waals surface area contributed by atoms with Crippen LogP contribution >= 0.6 is 0 Å². The van der Waals surface area contributed by atoms with Gasteiger partial charge in [-0.1, -0.05) is 31.2 Å². The van der Waals surface area contributed by atoms with Gasteiger partial charge in [0.2, 0.25) is 0 Å². The van der Waals surface area contributed by atoms with Gasteiger partial charge in [-0.05, 0) is 42.4 Å². The molecule has 1 aliphatic heterocycles. The van der Waals surface area contributed by atoms with Crippen molar-refractivity contribution in [3.63, 3.8) is 0 Å². The Hall–Kier alpha value is -2.25. The maximum absolute atomic E-state index is 12.4. The maximum Gasteiger partial charge on any atom is 0.573 e. The minimum absolute atomic E-state index is 0.00854. The highest BCUT2D eigenvalue weighted by Gasteiger charge is 2.55. The SMILES string of the molecule is CN1CC(C)(C(O)(c2ccc(OC(F)(F)F)cc2)c2cccc(O)c2)C1. The lowest BCUT2D eigenvalue weighted by Crippen LogP contribution is -2.63. The molecule has 0 saturated carbocycles. The number of nitrogens with zero attached hydrogens (tertiary/aromatic N) is 1. The number of halogens is 3. The standard InChI is InChI=1S/C19H20F3NO3/c1-17(11-23(2)12-17)18(25,14-4-3-5-15(24)10-14)13-6-8-16(9-7-13)26-19(20,21)22/h3-10,24-25H,11-12H2,1-2H3. The Morgan fingerprint density at radius 3 is 2.15 bits per heavy atom. The molecule has 1 unspecified atom stereocenters. The van der Waals surface area contributed by atoms with Gasteiger partial charge in [-0.15, -0.1) is 13.2 Å². The molecule has 1 saturated heterocycles. The van der Waals surface area contributed by atoms with Crippen LogP contribution in [0.4, 0.5) is 13.2 Å². The number of aliphatic hydroxyl groups is 1. The first kappa shape index (κ1) is 18.5. The van der Waals surface area contributed by atoms with Crippen molar-refractivity contribution in [2.45, 2.75) is 18.9 Å². The number of phenolic OH excluding ortho intramolecular Hbond substituents is 1. The molecular formula is C19H20F3NO3. The number of rotatable bonds is 4. The summed E-state index contributed by atoms with van der Waals surface area (Å²) >= 11 is 0. The van der Waals surface area contributed by atoms with Crippen molar-refractivity contribution in [3.05, 3.63) is 59.7 Å². The Labute approximate surface area is 149 Å². The number of hydrogen-bond donors (Lipinski definition) is 2. The van der Waals surface area contributed by atoms with Crippen molar-refractivity contribution >= 4 is 0 Å². The van der Waals surface area contributed by atoms with Gasteiger partial charge in [-0.25, -0.2) is 0 Å². The molecular weight excluding hydrogens is 347 g/mol. The lowest BCUT2D eigenvalue weighted by Gasteiger charge is -2.56. The first-order chi connectivity index (χ1) is 12.0. The molecule has 0 radical (unpaired) electrons. The number of likely N-dealkylation sites (tertiary alicyclic amines) is 1. The van der Waals surface area contributed by atoms with Crippen molar-refractivity contribution in [3.8, 4) is 11.5 Å². The molecule has 7 heteroatoms. The molecule has 0 bridgehead atoms. The van der Waals surface area contributed by atoms with Crippen molar-refractivity contribution < 1.29 is 28.1 Å². The van der Waals surface area contributed by atoms with Crippen molar-refractivity contribution in [2.75, 3.05) is 20.1 Å². The molecule has 140 valence electrons. The smallest absolute Gasteiger partial charge is 0.508 e. The van der Waals surface area contributed by atoms with Crippen LogP contribution in [-0.4, -0.2) is 41.6 Å². The van der Waals surface area contributed by atoms with E-state index in [-0.39, 0.29) is 11.5 Å². The Morgan fingerprint density at radius 1 is 1.04 bits per heavy atom. The first-order valence-electron chi connectivity index (χ1n) is 8.10. The van der Waals surface area contributed by atoms with Gasteiger partial charge in [0.15, 0.2) is 0 Å². The largest absolute Gasteiger partial charge is 0.573 e. The third kappa shape index (κ3) is 3.24. The van der Waals surface area contributed by atoms with Crippen LogP contribution in [0.1, 0.15) is 18.1 Å². The highest BCUT2D eigenvalue weighted by Crippen LogP contribution is 2.50. The van der Waals surface area contributed by atoms with E-state index in [2.05, 4.69) is 4.74 Å².